The summed E-state index contributed by atoms with van der Waals surface area (Å²) in [5, 5.41) is 0. The van der Waals surface area contributed by atoms with Crippen molar-refractivity contribution in [2.45, 2.75) is 32.2 Å². The number of hydrogen-bond acceptors (Lipinski definition) is 4. The summed E-state index contributed by atoms with van der Waals surface area (Å²) in [5.41, 5.74) is 2.76. The largest absolute Gasteiger partial charge is 0.456 e. The Morgan fingerprint density at radius 3 is 2.54 bits per heavy atom. The van der Waals surface area contributed by atoms with Crippen molar-refractivity contribution in [3.8, 4) is 0 Å². The number of benzene rings is 1. The van der Waals surface area contributed by atoms with E-state index in [1.165, 1.54) is 29.7 Å². The van der Waals surface area contributed by atoms with E-state index in [1.807, 2.05) is 0 Å². The minimum Gasteiger partial charge on any atom is -0.456 e. The average molecular weight is 352 g/mol. The van der Waals surface area contributed by atoms with Crippen molar-refractivity contribution in [3.05, 3.63) is 69.3 Å². The minimum atomic E-state index is -0.184. The number of rotatable bonds is 2. The van der Waals surface area contributed by atoms with Crippen molar-refractivity contribution >= 4 is 5.91 Å². The third kappa shape index (κ3) is 3.44. The lowest BCUT2D eigenvalue weighted by Crippen LogP contribution is -2.53. The zero-order chi connectivity index (χ0) is 18.1. The highest BCUT2D eigenvalue weighted by atomic mass is 16.3. The molecule has 2 aliphatic rings. The van der Waals surface area contributed by atoms with Gasteiger partial charge in [-0.2, -0.15) is 0 Å². The number of hydrogen-bond donors (Lipinski definition) is 0. The Hall–Kier alpha value is -2.40. The molecule has 1 atom stereocenters. The molecule has 26 heavy (non-hydrogen) atoms. The second kappa shape index (κ2) is 7.08. The van der Waals surface area contributed by atoms with Gasteiger partial charge in [0.15, 0.2) is 11.2 Å². The van der Waals surface area contributed by atoms with Gasteiger partial charge >= 0.3 is 0 Å². The summed E-state index contributed by atoms with van der Waals surface area (Å²) in [5.74, 6) is 0.440. The summed E-state index contributed by atoms with van der Waals surface area (Å²) in [6.45, 7) is 4.78. The smallest absolute Gasteiger partial charge is 0.289 e. The average Bonchev–Trinajstić information content (AvgIpc) is 2.66. The highest BCUT2D eigenvalue weighted by molar-refractivity contribution is 5.91. The van der Waals surface area contributed by atoms with Gasteiger partial charge < -0.3 is 9.32 Å². The molecule has 1 saturated heterocycles. The van der Waals surface area contributed by atoms with Crippen LogP contribution in [0.2, 0.25) is 0 Å². The van der Waals surface area contributed by atoms with Crippen LogP contribution in [-0.2, 0) is 12.8 Å². The molecule has 0 N–H and O–H groups in total. The zero-order valence-corrected chi connectivity index (χ0v) is 15.1. The lowest BCUT2D eigenvalue weighted by molar-refractivity contribution is 0.0521. The monoisotopic (exact) mass is 352 g/mol. The van der Waals surface area contributed by atoms with Gasteiger partial charge in [-0.15, -0.1) is 0 Å². The fraction of sp³-hybridized carbons (Fsp3) is 0.429. The van der Waals surface area contributed by atoms with Crippen molar-refractivity contribution in [1.29, 1.82) is 0 Å². The number of fused-ring (bicyclic) bond motifs is 1. The molecule has 1 amide bonds. The van der Waals surface area contributed by atoms with Crippen LogP contribution in [-0.4, -0.2) is 47.9 Å². The van der Waals surface area contributed by atoms with Crippen molar-refractivity contribution in [2.24, 2.45) is 0 Å². The summed E-state index contributed by atoms with van der Waals surface area (Å²) >= 11 is 0. The molecule has 1 unspecified atom stereocenters. The lowest BCUT2D eigenvalue weighted by Gasteiger charge is -2.41. The third-order valence-corrected chi connectivity index (χ3v) is 5.54. The molecule has 0 radical (unpaired) electrons. The highest BCUT2D eigenvalue weighted by Gasteiger charge is 2.29. The molecule has 0 spiro atoms. The van der Waals surface area contributed by atoms with E-state index in [1.54, 1.807) is 11.8 Å². The molecule has 1 aromatic heterocycles. The van der Waals surface area contributed by atoms with E-state index in [9.17, 15) is 9.59 Å². The Morgan fingerprint density at radius 1 is 1.08 bits per heavy atom. The first kappa shape index (κ1) is 17.0. The molecule has 0 saturated carbocycles. The maximum Gasteiger partial charge on any atom is 0.289 e. The van der Waals surface area contributed by atoms with Gasteiger partial charge in [0, 0.05) is 44.4 Å². The van der Waals surface area contributed by atoms with E-state index in [-0.39, 0.29) is 17.1 Å². The van der Waals surface area contributed by atoms with Gasteiger partial charge in [-0.25, -0.2) is 0 Å². The molecule has 5 nitrogen and oxygen atoms in total. The molecule has 1 aromatic carbocycles. The number of amides is 1. The molecule has 1 aliphatic heterocycles. The molecule has 2 aromatic rings. The number of piperazine rings is 1. The van der Waals surface area contributed by atoms with Crippen LogP contribution < -0.4 is 5.43 Å². The molecule has 2 heterocycles. The van der Waals surface area contributed by atoms with E-state index >= 15 is 0 Å². The van der Waals surface area contributed by atoms with Crippen LogP contribution in [0.15, 0.2) is 45.6 Å². The summed E-state index contributed by atoms with van der Waals surface area (Å²) in [6.07, 6.45) is 3.41. The summed E-state index contributed by atoms with van der Waals surface area (Å²) in [6, 6.07) is 12.0. The van der Waals surface area contributed by atoms with E-state index in [0.29, 0.717) is 24.9 Å². The first-order valence-electron chi connectivity index (χ1n) is 9.32. The third-order valence-electron chi connectivity index (χ3n) is 5.54. The number of carbonyl (C=O) groups excluding carboxylic acids is 1. The molecule has 1 fully saturated rings. The van der Waals surface area contributed by atoms with E-state index in [4.69, 9.17) is 4.42 Å². The van der Waals surface area contributed by atoms with Gasteiger partial charge in [0.05, 0.1) is 0 Å². The van der Waals surface area contributed by atoms with Crippen LogP contribution >= 0.6 is 0 Å². The van der Waals surface area contributed by atoms with Crippen LogP contribution in [0.25, 0.3) is 0 Å². The van der Waals surface area contributed by atoms with Crippen molar-refractivity contribution in [1.82, 2.24) is 9.80 Å². The predicted molar refractivity (Wildman–Crippen MR) is 99.4 cm³/mol. The summed E-state index contributed by atoms with van der Waals surface area (Å²) in [4.78, 5) is 28.5. The standard InChI is InChI=1S/C21H24N2O3/c1-15-12-19(24)14-20(26-15)21(25)23-10-8-22(9-11-23)18-7-6-16-4-2-3-5-17(16)13-18/h2-5,12,14,18H,6-11,13H2,1H3. The van der Waals surface area contributed by atoms with Gasteiger partial charge in [0.25, 0.3) is 5.91 Å². The van der Waals surface area contributed by atoms with Crippen LogP contribution in [0, 0.1) is 6.92 Å². The van der Waals surface area contributed by atoms with Crippen LogP contribution in [0.1, 0.15) is 33.9 Å². The quantitative estimate of drug-likeness (QED) is 0.832. The number of aryl methyl sites for hydroxylation is 2. The lowest BCUT2D eigenvalue weighted by atomic mass is 9.87. The van der Waals surface area contributed by atoms with Crippen LogP contribution in [0.4, 0.5) is 0 Å². The second-order valence-electron chi connectivity index (χ2n) is 7.26. The van der Waals surface area contributed by atoms with Crippen molar-refractivity contribution < 1.29 is 9.21 Å². The van der Waals surface area contributed by atoms with Gasteiger partial charge in [-0.3, -0.25) is 14.5 Å². The molecular formula is C21H24N2O3. The molecular weight excluding hydrogens is 328 g/mol. The SMILES string of the molecule is Cc1cc(=O)cc(C(=O)N2CCN(C3CCc4ccccc4C3)CC2)o1. The van der Waals surface area contributed by atoms with Crippen LogP contribution in [0.3, 0.4) is 0 Å². The molecule has 1 aliphatic carbocycles. The minimum absolute atomic E-state index is 0.148. The van der Waals surface area contributed by atoms with E-state index in [2.05, 4.69) is 29.2 Å². The van der Waals surface area contributed by atoms with Gasteiger partial charge in [0.1, 0.15) is 5.76 Å². The molecule has 5 heteroatoms. The molecule has 0 bridgehead atoms. The maximum atomic E-state index is 12.6. The van der Waals surface area contributed by atoms with Crippen molar-refractivity contribution in [2.75, 3.05) is 26.2 Å². The first-order chi connectivity index (χ1) is 12.6. The fourth-order valence-electron chi connectivity index (χ4n) is 4.15. The zero-order valence-electron chi connectivity index (χ0n) is 15.1. The maximum absolute atomic E-state index is 12.6. The Balaban J connectivity index is 1.38. The predicted octanol–water partition coefficient (Wildman–Crippen LogP) is 2.26. The topological polar surface area (TPSA) is 53.8 Å². The normalized spacial score (nSPS) is 20.7. The molecule has 136 valence electrons. The Bertz CT molecular complexity index is 866. The number of carbonyl (C=O) groups is 1. The van der Waals surface area contributed by atoms with Gasteiger partial charge in [-0.1, -0.05) is 24.3 Å². The summed E-state index contributed by atoms with van der Waals surface area (Å²) in [7, 11) is 0. The highest BCUT2D eigenvalue weighted by Crippen LogP contribution is 2.25. The van der Waals surface area contributed by atoms with Gasteiger partial charge in [0.2, 0.25) is 0 Å². The fourth-order valence-corrected chi connectivity index (χ4v) is 4.15. The van der Waals surface area contributed by atoms with Gasteiger partial charge in [-0.05, 0) is 37.3 Å². The van der Waals surface area contributed by atoms with Crippen molar-refractivity contribution in [3.63, 3.8) is 0 Å². The Morgan fingerprint density at radius 2 is 1.81 bits per heavy atom. The second-order valence-corrected chi connectivity index (χ2v) is 7.26. The number of nitrogens with zero attached hydrogens (tertiary/aromatic N) is 2. The Kier molecular flexibility index (Phi) is 4.64. The first-order valence-corrected chi connectivity index (χ1v) is 9.32. The van der Waals surface area contributed by atoms with E-state index < -0.39 is 0 Å². The van der Waals surface area contributed by atoms with E-state index in [0.717, 1.165) is 25.9 Å². The van der Waals surface area contributed by atoms with Crippen LogP contribution in [0.5, 0.6) is 0 Å². The Labute approximate surface area is 153 Å². The molecule has 4 rings (SSSR count). The summed E-state index contributed by atoms with van der Waals surface area (Å²) < 4.78 is 5.45.